The summed E-state index contributed by atoms with van der Waals surface area (Å²) in [5.41, 5.74) is 2.22. The first kappa shape index (κ1) is 24.8. The van der Waals surface area contributed by atoms with Crippen LogP contribution in [-0.2, 0) is 0 Å². The van der Waals surface area contributed by atoms with E-state index in [4.69, 9.17) is 33.6 Å². The first-order valence-electron chi connectivity index (χ1n) is 7.71. The number of aromatic carboxylic acids is 1. The van der Waals surface area contributed by atoms with E-state index >= 15 is 0 Å². The molecule has 6 nitrogen and oxygen atoms in total. The number of hydrogen-bond donors (Lipinski definition) is 1. The van der Waals surface area contributed by atoms with E-state index in [1.807, 2.05) is 6.07 Å². The molecule has 0 bridgehead atoms. The number of aromatic nitrogens is 2. The molecule has 2 heterocycles. The number of fused-ring (bicyclic) bond motifs is 2. The van der Waals surface area contributed by atoms with Gasteiger partial charge < -0.3 is 10.6 Å². The third kappa shape index (κ3) is 5.87. The van der Waals surface area contributed by atoms with Crippen LogP contribution in [0.1, 0.15) is 15.9 Å². The van der Waals surface area contributed by atoms with E-state index in [1.54, 1.807) is 42.6 Å². The Labute approximate surface area is 198 Å². The van der Waals surface area contributed by atoms with Gasteiger partial charge in [-0.3, -0.25) is 9.97 Å². The maximum absolute atomic E-state index is 10.8. The van der Waals surface area contributed by atoms with Crippen LogP contribution in [-0.4, -0.2) is 26.5 Å². The summed E-state index contributed by atoms with van der Waals surface area (Å²) in [6.45, 7) is 0. The van der Waals surface area contributed by atoms with Crippen LogP contribution in [0.15, 0.2) is 60.9 Å². The molecule has 4 rings (SSSR count). The predicted octanol–water partition coefficient (Wildman–Crippen LogP) is 2.17. The number of hydrogen-bond acceptors (Lipinski definition) is 5. The minimum Gasteiger partial charge on any atom is -0.870 e. The third-order valence-electron chi connectivity index (χ3n) is 3.76. The van der Waals surface area contributed by atoms with Gasteiger partial charge in [0.1, 0.15) is 0 Å². The van der Waals surface area contributed by atoms with Gasteiger partial charge in [-0.1, -0.05) is 29.3 Å². The van der Waals surface area contributed by atoms with Gasteiger partial charge in [-0.25, -0.2) is 4.79 Å². The number of carbonyl (C=O) groups is 1. The van der Waals surface area contributed by atoms with Crippen molar-refractivity contribution in [1.82, 2.24) is 9.97 Å². The number of benzene rings is 2. The summed E-state index contributed by atoms with van der Waals surface area (Å²) in [5.74, 6) is -0.959. The normalized spacial score (nSPS) is 9.41. The molecule has 0 fully saturated rings. The quantitative estimate of drug-likeness (QED) is 0.457. The molecule has 29 heavy (non-hydrogen) atoms. The molecule has 0 amide bonds. The van der Waals surface area contributed by atoms with Crippen molar-refractivity contribution >= 4 is 51.0 Å². The SMILES string of the molecule is N#Cc1ccnc2cc(Cl)ccc12.O=C(O)c1ccnc2cc(Cl)ccc12.[Na+].[OH-]. The van der Waals surface area contributed by atoms with E-state index in [2.05, 4.69) is 16.0 Å². The molecule has 4 aromatic rings. The smallest absolute Gasteiger partial charge is 0.870 e. The second-order valence-corrected chi connectivity index (χ2v) is 6.33. The molecule has 2 aromatic heterocycles. The molecule has 2 aromatic carbocycles. The van der Waals surface area contributed by atoms with Gasteiger partial charge >= 0.3 is 35.5 Å². The van der Waals surface area contributed by atoms with E-state index in [9.17, 15) is 4.79 Å². The number of rotatable bonds is 1. The zero-order valence-corrected chi connectivity index (χ0v) is 18.7. The van der Waals surface area contributed by atoms with E-state index in [1.165, 1.54) is 12.3 Å². The summed E-state index contributed by atoms with van der Waals surface area (Å²) in [6, 6.07) is 15.5. The number of carboxylic acid groups (broad SMARTS) is 1. The van der Waals surface area contributed by atoms with Gasteiger partial charge in [0.2, 0.25) is 0 Å². The Balaban J connectivity index is 0.000000272. The first-order valence-corrected chi connectivity index (χ1v) is 8.47. The number of nitrogens with zero attached hydrogens (tertiary/aromatic N) is 3. The molecule has 140 valence electrons. The topological polar surface area (TPSA) is 117 Å². The van der Waals surface area contributed by atoms with Gasteiger partial charge in [0, 0.05) is 33.2 Å². The van der Waals surface area contributed by atoms with Gasteiger partial charge in [-0.2, -0.15) is 5.26 Å². The average molecular weight is 436 g/mol. The summed E-state index contributed by atoms with van der Waals surface area (Å²) in [5, 5.41) is 20.3. The molecule has 0 spiro atoms. The van der Waals surface area contributed by atoms with Crippen molar-refractivity contribution in [2.24, 2.45) is 0 Å². The van der Waals surface area contributed by atoms with Crippen molar-refractivity contribution in [2.45, 2.75) is 0 Å². The molecule has 2 N–H and O–H groups in total. The molecule has 0 aliphatic carbocycles. The molecule has 0 saturated carbocycles. The standard InChI is InChI=1S/C10H5ClN2.C10H6ClNO2.Na.H2O/c11-8-1-2-9-7(6-12)3-4-13-10(9)5-8;11-6-1-2-7-8(10(13)14)3-4-12-9(7)5-6;;/h1-5H;1-5H,(H,13,14);;1H2/q;;+1;/p-1. The van der Waals surface area contributed by atoms with Crippen molar-refractivity contribution in [3.63, 3.8) is 0 Å². The number of pyridine rings is 2. The van der Waals surface area contributed by atoms with Crippen LogP contribution in [0.5, 0.6) is 0 Å². The number of carboxylic acids is 1. The summed E-state index contributed by atoms with van der Waals surface area (Å²) in [4.78, 5) is 19.0. The molecule has 0 radical (unpaired) electrons. The molecule has 0 unspecified atom stereocenters. The minimum atomic E-state index is -0.959. The molecule has 0 aliphatic heterocycles. The Morgan fingerprint density at radius 3 is 1.97 bits per heavy atom. The van der Waals surface area contributed by atoms with E-state index in [0.29, 0.717) is 26.5 Å². The third-order valence-corrected chi connectivity index (χ3v) is 4.23. The van der Waals surface area contributed by atoms with Gasteiger partial charge in [-0.05, 0) is 42.5 Å². The van der Waals surface area contributed by atoms with Crippen molar-refractivity contribution in [2.75, 3.05) is 0 Å². The van der Waals surface area contributed by atoms with Crippen LogP contribution in [0.25, 0.3) is 21.8 Å². The molecule has 0 aliphatic rings. The fraction of sp³-hybridized carbons (Fsp3) is 0. The summed E-state index contributed by atoms with van der Waals surface area (Å²) < 4.78 is 0. The Hall–Kier alpha value is -2.24. The van der Waals surface area contributed by atoms with Crippen LogP contribution in [0.3, 0.4) is 0 Å². The molecule has 0 saturated heterocycles. The fourth-order valence-corrected chi connectivity index (χ4v) is 2.86. The fourth-order valence-electron chi connectivity index (χ4n) is 2.53. The van der Waals surface area contributed by atoms with Crippen LogP contribution < -0.4 is 29.6 Å². The Morgan fingerprint density at radius 2 is 1.41 bits per heavy atom. The van der Waals surface area contributed by atoms with E-state index in [-0.39, 0.29) is 40.6 Å². The zero-order valence-electron chi connectivity index (χ0n) is 15.2. The second kappa shape index (κ2) is 11.1. The van der Waals surface area contributed by atoms with Crippen molar-refractivity contribution < 1.29 is 44.9 Å². The summed E-state index contributed by atoms with van der Waals surface area (Å²) >= 11 is 11.6. The molecule has 0 atom stereocenters. The number of halogens is 2. The van der Waals surface area contributed by atoms with Gasteiger partial charge in [-0.15, -0.1) is 0 Å². The molecule has 9 heteroatoms. The summed E-state index contributed by atoms with van der Waals surface area (Å²) in [7, 11) is 0. The van der Waals surface area contributed by atoms with Crippen LogP contribution >= 0.6 is 23.2 Å². The minimum absolute atomic E-state index is 0. The van der Waals surface area contributed by atoms with Crippen LogP contribution in [0, 0.1) is 11.3 Å². The Kier molecular flexibility index (Phi) is 9.47. The first-order chi connectivity index (χ1) is 13.0. The van der Waals surface area contributed by atoms with Crippen molar-refractivity contribution in [3.8, 4) is 6.07 Å². The summed E-state index contributed by atoms with van der Waals surface area (Å²) in [6.07, 6.45) is 3.07. The predicted molar refractivity (Wildman–Crippen MR) is 107 cm³/mol. The molecular weight excluding hydrogens is 424 g/mol. The van der Waals surface area contributed by atoms with E-state index < -0.39 is 5.97 Å². The van der Waals surface area contributed by atoms with Gasteiger partial charge in [0.15, 0.2) is 0 Å². The van der Waals surface area contributed by atoms with Crippen LogP contribution in [0.4, 0.5) is 0 Å². The Bertz CT molecular complexity index is 1210. The monoisotopic (exact) mass is 435 g/mol. The second-order valence-electron chi connectivity index (χ2n) is 5.46. The Morgan fingerprint density at radius 1 is 0.897 bits per heavy atom. The largest absolute Gasteiger partial charge is 1.00 e. The van der Waals surface area contributed by atoms with Crippen LogP contribution in [0.2, 0.25) is 10.0 Å². The molecular formula is C20H12Cl2N3NaO3. The van der Waals surface area contributed by atoms with Crippen molar-refractivity contribution in [3.05, 3.63) is 82.1 Å². The van der Waals surface area contributed by atoms with Gasteiger partial charge in [0.25, 0.3) is 0 Å². The van der Waals surface area contributed by atoms with Crippen molar-refractivity contribution in [1.29, 1.82) is 5.26 Å². The maximum atomic E-state index is 10.8. The van der Waals surface area contributed by atoms with Gasteiger partial charge in [0.05, 0.1) is 28.2 Å². The zero-order chi connectivity index (χ0) is 19.4. The van der Waals surface area contributed by atoms with E-state index in [0.717, 1.165) is 10.9 Å². The number of nitriles is 1. The average Bonchev–Trinajstić information content (AvgIpc) is 2.66. The maximum Gasteiger partial charge on any atom is 1.00 e.